The molecule has 0 amide bonds. The molecular weight excluding hydrogens is 214 g/mol. The third-order valence-electron chi connectivity index (χ3n) is 2.95. The zero-order valence-corrected chi connectivity index (χ0v) is 10.6. The fraction of sp³-hybridized carbons (Fsp3) is 0.500. The van der Waals surface area contributed by atoms with E-state index < -0.39 is 5.41 Å². The van der Waals surface area contributed by atoms with Crippen molar-refractivity contribution in [3.8, 4) is 6.07 Å². The van der Waals surface area contributed by atoms with Crippen LogP contribution in [-0.4, -0.2) is 6.61 Å². The topological polar surface area (TPSA) is 42.2 Å². The standard InChI is InChI=1S/C14H19NO2/c1-4-14(3,11-15)13(17-16-5-2)12-9-7-6-8-10-12/h6-10,13H,4-5H2,1-3H3. The summed E-state index contributed by atoms with van der Waals surface area (Å²) in [6.07, 6.45) is 0.342. The van der Waals surface area contributed by atoms with E-state index in [9.17, 15) is 5.26 Å². The van der Waals surface area contributed by atoms with E-state index >= 15 is 0 Å². The van der Waals surface area contributed by atoms with Crippen molar-refractivity contribution in [2.45, 2.75) is 33.3 Å². The van der Waals surface area contributed by atoms with Crippen LogP contribution in [0.2, 0.25) is 0 Å². The van der Waals surface area contributed by atoms with Gasteiger partial charge in [0.25, 0.3) is 0 Å². The summed E-state index contributed by atoms with van der Waals surface area (Å²) in [5.74, 6) is 0. The zero-order chi connectivity index (χ0) is 12.7. The molecule has 3 heteroatoms. The molecule has 0 heterocycles. The fourth-order valence-corrected chi connectivity index (χ4v) is 1.62. The van der Waals surface area contributed by atoms with Crippen LogP contribution in [0.1, 0.15) is 38.9 Å². The Morgan fingerprint density at radius 2 is 1.94 bits per heavy atom. The first-order chi connectivity index (χ1) is 8.18. The molecule has 2 unspecified atom stereocenters. The van der Waals surface area contributed by atoms with Crippen molar-refractivity contribution >= 4 is 0 Å². The maximum Gasteiger partial charge on any atom is 0.136 e. The van der Waals surface area contributed by atoms with E-state index in [4.69, 9.17) is 9.78 Å². The van der Waals surface area contributed by atoms with Gasteiger partial charge in [0, 0.05) is 0 Å². The van der Waals surface area contributed by atoms with Crippen molar-refractivity contribution in [2.24, 2.45) is 5.41 Å². The SMILES string of the molecule is CCOOC(c1ccccc1)C(C)(C#N)CC. The lowest BCUT2D eigenvalue weighted by molar-refractivity contribution is -0.340. The molecule has 2 atom stereocenters. The average Bonchev–Trinajstić information content (AvgIpc) is 2.40. The molecular formula is C14H19NO2. The lowest BCUT2D eigenvalue weighted by Gasteiger charge is -2.29. The minimum absolute atomic E-state index is 0.362. The first-order valence-electron chi connectivity index (χ1n) is 5.92. The highest BCUT2D eigenvalue weighted by Gasteiger charge is 2.36. The predicted molar refractivity (Wildman–Crippen MR) is 65.9 cm³/mol. The van der Waals surface area contributed by atoms with E-state index in [1.54, 1.807) is 0 Å². The second-order valence-electron chi connectivity index (χ2n) is 4.18. The Kier molecular flexibility index (Phi) is 5.14. The minimum Gasteiger partial charge on any atom is -0.236 e. The molecule has 0 bridgehead atoms. The predicted octanol–water partition coefficient (Wildman–Crippen LogP) is 3.64. The summed E-state index contributed by atoms with van der Waals surface area (Å²) in [5, 5.41) is 9.33. The van der Waals surface area contributed by atoms with Crippen LogP contribution in [0.4, 0.5) is 0 Å². The van der Waals surface area contributed by atoms with Gasteiger partial charge in [0.2, 0.25) is 0 Å². The molecule has 0 N–H and O–H groups in total. The number of hydrogen-bond donors (Lipinski definition) is 0. The highest BCUT2D eigenvalue weighted by Crippen LogP contribution is 2.39. The molecule has 3 nitrogen and oxygen atoms in total. The molecule has 1 aromatic rings. The molecule has 17 heavy (non-hydrogen) atoms. The van der Waals surface area contributed by atoms with Crippen molar-refractivity contribution < 1.29 is 9.78 Å². The molecule has 1 rings (SSSR count). The van der Waals surface area contributed by atoms with Gasteiger partial charge in [-0.3, -0.25) is 0 Å². The summed E-state index contributed by atoms with van der Waals surface area (Å²) in [4.78, 5) is 10.5. The van der Waals surface area contributed by atoms with Gasteiger partial charge in [-0.1, -0.05) is 37.3 Å². The number of benzene rings is 1. The van der Waals surface area contributed by atoms with Crippen LogP contribution < -0.4 is 0 Å². The fourth-order valence-electron chi connectivity index (χ4n) is 1.62. The average molecular weight is 233 g/mol. The van der Waals surface area contributed by atoms with Gasteiger partial charge in [-0.05, 0) is 25.8 Å². The maximum absolute atomic E-state index is 9.33. The molecule has 0 radical (unpaired) electrons. The number of nitrogens with zero attached hydrogens (tertiary/aromatic N) is 1. The van der Waals surface area contributed by atoms with Gasteiger partial charge in [-0.15, -0.1) is 0 Å². The summed E-state index contributed by atoms with van der Waals surface area (Å²) in [5.41, 5.74) is 0.378. The molecule has 0 aliphatic carbocycles. The normalized spacial score (nSPS) is 15.9. The van der Waals surface area contributed by atoms with Gasteiger partial charge < -0.3 is 0 Å². The highest BCUT2D eigenvalue weighted by atomic mass is 17.2. The van der Waals surface area contributed by atoms with Gasteiger partial charge in [0.1, 0.15) is 6.10 Å². The molecule has 0 aliphatic rings. The number of nitriles is 1. The first-order valence-corrected chi connectivity index (χ1v) is 5.92. The van der Waals surface area contributed by atoms with Crippen LogP contribution in [-0.2, 0) is 9.78 Å². The maximum atomic E-state index is 9.33. The minimum atomic E-state index is -0.587. The van der Waals surface area contributed by atoms with Crippen LogP contribution in [0, 0.1) is 16.7 Å². The van der Waals surface area contributed by atoms with Crippen LogP contribution >= 0.6 is 0 Å². The van der Waals surface area contributed by atoms with Gasteiger partial charge >= 0.3 is 0 Å². The summed E-state index contributed by atoms with van der Waals surface area (Å²) in [6, 6.07) is 12.0. The molecule has 0 aromatic heterocycles. The molecule has 0 aliphatic heterocycles. The largest absolute Gasteiger partial charge is 0.236 e. The Morgan fingerprint density at radius 3 is 2.41 bits per heavy atom. The second-order valence-corrected chi connectivity index (χ2v) is 4.18. The van der Waals surface area contributed by atoms with Crippen molar-refractivity contribution in [3.05, 3.63) is 35.9 Å². The molecule has 0 fully saturated rings. The monoisotopic (exact) mass is 233 g/mol. The molecule has 92 valence electrons. The van der Waals surface area contributed by atoms with Crippen LogP contribution in [0.25, 0.3) is 0 Å². The number of rotatable bonds is 6. The summed E-state index contributed by atoms with van der Waals surface area (Å²) in [6.45, 7) is 6.20. The molecule has 0 saturated carbocycles. The van der Waals surface area contributed by atoms with Crippen LogP contribution in [0.3, 0.4) is 0 Å². The van der Waals surface area contributed by atoms with Crippen molar-refractivity contribution in [1.29, 1.82) is 5.26 Å². The van der Waals surface area contributed by atoms with E-state index in [0.717, 1.165) is 5.56 Å². The van der Waals surface area contributed by atoms with E-state index in [1.165, 1.54) is 0 Å². The van der Waals surface area contributed by atoms with E-state index in [2.05, 4.69) is 6.07 Å². The van der Waals surface area contributed by atoms with Gasteiger partial charge in [0.05, 0.1) is 18.1 Å². The van der Waals surface area contributed by atoms with Gasteiger partial charge in [0.15, 0.2) is 0 Å². The lowest BCUT2D eigenvalue weighted by Crippen LogP contribution is -2.26. The third kappa shape index (κ3) is 3.29. The third-order valence-corrected chi connectivity index (χ3v) is 2.95. The smallest absolute Gasteiger partial charge is 0.136 e. The first kappa shape index (κ1) is 13.7. The zero-order valence-electron chi connectivity index (χ0n) is 10.6. The second kappa shape index (κ2) is 6.39. The quantitative estimate of drug-likeness (QED) is 0.556. The highest BCUT2D eigenvalue weighted by molar-refractivity contribution is 5.22. The summed E-state index contributed by atoms with van der Waals surface area (Å²) in [7, 11) is 0. The molecule has 1 aromatic carbocycles. The molecule has 0 saturated heterocycles. The Hall–Kier alpha value is -1.37. The van der Waals surface area contributed by atoms with Crippen LogP contribution in [0.15, 0.2) is 30.3 Å². The summed E-state index contributed by atoms with van der Waals surface area (Å²) >= 11 is 0. The molecule has 0 spiro atoms. The Bertz CT molecular complexity index is 372. The van der Waals surface area contributed by atoms with Crippen molar-refractivity contribution in [3.63, 3.8) is 0 Å². The van der Waals surface area contributed by atoms with Gasteiger partial charge in [-0.2, -0.15) is 5.26 Å². The van der Waals surface area contributed by atoms with Crippen LogP contribution in [0.5, 0.6) is 0 Å². The summed E-state index contributed by atoms with van der Waals surface area (Å²) < 4.78 is 0. The van der Waals surface area contributed by atoms with E-state index in [0.29, 0.717) is 13.0 Å². The Labute approximate surface area is 103 Å². The number of hydrogen-bond acceptors (Lipinski definition) is 3. The van der Waals surface area contributed by atoms with Crippen molar-refractivity contribution in [2.75, 3.05) is 6.61 Å². The van der Waals surface area contributed by atoms with Crippen molar-refractivity contribution in [1.82, 2.24) is 0 Å². The van der Waals surface area contributed by atoms with E-state index in [1.807, 2.05) is 51.1 Å². The van der Waals surface area contributed by atoms with E-state index in [-0.39, 0.29) is 6.10 Å². The Morgan fingerprint density at radius 1 is 1.29 bits per heavy atom. The Balaban J connectivity index is 3.00. The lowest BCUT2D eigenvalue weighted by atomic mass is 9.80. The van der Waals surface area contributed by atoms with Gasteiger partial charge in [-0.25, -0.2) is 9.78 Å².